The zero-order chi connectivity index (χ0) is 31.5. The standard InChI is InChI=1S/C34H46N4O6/c1-5-37(6-2)25-15-11-23(12-16-25)36-31(41)29-34-20-19-33(4,44-34)27(28(34)32(42)38(29)21-9-8-10-22-39)30(40)35-24-13-17-26(18-14-24)43-7-3/h11-18,27-29,39H,5-10,19-22H2,1-4H3,(H,35,40)(H,36,41)/t27-,28+,29?,33+,34?/m1/s1. The third-order valence-corrected chi connectivity index (χ3v) is 9.56. The van der Waals surface area contributed by atoms with Crippen molar-refractivity contribution in [1.29, 1.82) is 0 Å². The molecule has 2 aromatic rings. The zero-order valence-electron chi connectivity index (χ0n) is 26.3. The molecule has 10 nitrogen and oxygen atoms in total. The lowest BCUT2D eigenvalue weighted by atomic mass is 9.66. The predicted molar refractivity (Wildman–Crippen MR) is 170 cm³/mol. The van der Waals surface area contributed by atoms with Gasteiger partial charge in [0.1, 0.15) is 17.4 Å². The van der Waals surface area contributed by atoms with Crippen LogP contribution in [0.2, 0.25) is 0 Å². The van der Waals surface area contributed by atoms with E-state index in [0.717, 1.165) is 25.2 Å². The molecule has 3 amide bonds. The second-order valence-electron chi connectivity index (χ2n) is 12.2. The number of fused-ring (bicyclic) bond motifs is 1. The third kappa shape index (κ3) is 5.77. The number of benzene rings is 2. The molecule has 0 aliphatic carbocycles. The Bertz CT molecular complexity index is 1330. The second kappa shape index (κ2) is 13.2. The Morgan fingerprint density at radius 2 is 1.59 bits per heavy atom. The van der Waals surface area contributed by atoms with E-state index in [9.17, 15) is 19.5 Å². The SMILES string of the molecule is CCOc1ccc(NC(=O)[C@H]2[C@H]3C(=O)N(CCCCCO)C(C(=O)Nc4ccc(N(CC)CC)cc4)C34CC[C@]2(C)O4)cc1. The fraction of sp³-hybridized carbons (Fsp3) is 0.559. The average Bonchev–Trinajstić information content (AvgIpc) is 3.58. The highest BCUT2D eigenvalue weighted by Gasteiger charge is 2.77. The smallest absolute Gasteiger partial charge is 0.250 e. The van der Waals surface area contributed by atoms with Crippen molar-refractivity contribution in [3.63, 3.8) is 0 Å². The summed E-state index contributed by atoms with van der Waals surface area (Å²) in [6.45, 7) is 10.7. The number of ether oxygens (including phenoxy) is 2. The summed E-state index contributed by atoms with van der Waals surface area (Å²) < 4.78 is 12.2. The maximum Gasteiger partial charge on any atom is 0.250 e. The Morgan fingerprint density at radius 1 is 0.955 bits per heavy atom. The third-order valence-electron chi connectivity index (χ3n) is 9.56. The van der Waals surface area contributed by atoms with E-state index >= 15 is 0 Å². The van der Waals surface area contributed by atoms with Gasteiger partial charge >= 0.3 is 0 Å². The van der Waals surface area contributed by atoms with E-state index in [1.165, 1.54) is 0 Å². The van der Waals surface area contributed by atoms with Crippen LogP contribution in [0, 0.1) is 11.8 Å². The first-order chi connectivity index (χ1) is 21.2. The molecule has 3 aliphatic heterocycles. The second-order valence-corrected chi connectivity index (χ2v) is 12.2. The van der Waals surface area contributed by atoms with E-state index < -0.39 is 29.1 Å². The summed E-state index contributed by atoms with van der Waals surface area (Å²) in [6.07, 6.45) is 3.06. The first kappa shape index (κ1) is 31.8. The molecule has 3 heterocycles. The molecule has 2 bridgehead atoms. The monoisotopic (exact) mass is 606 g/mol. The number of carbonyl (C=O) groups is 3. The van der Waals surface area contributed by atoms with Crippen molar-refractivity contribution >= 4 is 34.8 Å². The van der Waals surface area contributed by atoms with Crippen molar-refractivity contribution < 1.29 is 29.0 Å². The van der Waals surface area contributed by atoms with Crippen LogP contribution in [0.4, 0.5) is 17.1 Å². The van der Waals surface area contributed by atoms with Gasteiger partial charge in [0.2, 0.25) is 17.7 Å². The predicted octanol–water partition coefficient (Wildman–Crippen LogP) is 4.44. The summed E-state index contributed by atoms with van der Waals surface area (Å²) >= 11 is 0. The maximum atomic E-state index is 14.2. The number of rotatable bonds is 14. The largest absolute Gasteiger partial charge is 0.494 e. The molecule has 3 saturated heterocycles. The fourth-order valence-electron chi connectivity index (χ4n) is 7.51. The Morgan fingerprint density at radius 3 is 2.20 bits per heavy atom. The lowest BCUT2D eigenvalue weighted by Gasteiger charge is -2.33. The van der Waals surface area contributed by atoms with Crippen molar-refractivity contribution in [2.24, 2.45) is 11.8 Å². The lowest BCUT2D eigenvalue weighted by molar-refractivity contribution is -0.143. The van der Waals surface area contributed by atoms with Gasteiger partial charge in [-0.2, -0.15) is 0 Å². The van der Waals surface area contributed by atoms with Crippen molar-refractivity contribution in [2.45, 2.75) is 77.0 Å². The van der Waals surface area contributed by atoms with Gasteiger partial charge in [-0.3, -0.25) is 14.4 Å². The highest BCUT2D eigenvalue weighted by molar-refractivity contribution is 6.05. The van der Waals surface area contributed by atoms with Crippen LogP contribution in [0.1, 0.15) is 59.8 Å². The van der Waals surface area contributed by atoms with Gasteiger partial charge in [0.15, 0.2) is 0 Å². The topological polar surface area (TPSA) is 120 Å². The van der Waals surface area contributed by atoms with E-state index in [2.05, 4.69) is 29.4 Å². The molecule has 1 spiro atoms. The molecule has 2 unspecified atom stereocenters. The summed E-state index contributed by atoms with van der Waals surface area (Å²) in [5.41, 5.74) is 0.340. The molecule has 44 heavy (non-hydrogen) atoms. The number of aliphatic hydroxyl groups is 1. The van der Waals surface area contributed by atoms with Gasteiger partial charge in [0, 0.05) is 43.3 Å². The lowest BCUT2D eigenvalue weighted by Crippen LogP contribution is -2.53. The molecule has 0 aromatic heterocycles. The number of carbonyl (C=O) groups excluding carboxylic acids is 3. The van der Waals surface area contributed by atoms with Crippen LogP contribution in [0.25, 0.3) is 0 Å². The number of aliphatic hydroxyl groups excluding tert-OH is 1. The summed E-state index contributed by atoms with van der Waals surface area (Å²) in [4.78, 5) is 46.1. The first-order valence-corrected chi connectivity index (χ1v) is 16.0. The van der Waals surface area contributed by atoms with Crippen molar-refractivity contribution in [3.05, 3.63) is 48.5 Å². The van der Waals surface area contributed by atoms with Crippen molar-refractivity contribution in [3.8, 4) is 5.75 Å². The number of amides is 3. The molecule has 5 atom stereocenters. The number of anilines is 3. The van der Waals surface area contributed by atoms with Gasteiger partial charge in [-0.25, -0.2) is 0 Å². The van der Waals surface area contributed by atoms with Crippen LogP contribution in [-0.4, -0.2) is 77.8 Å². The van der Waals surface area contributed by atoms with Gasteiger partial charge in [-0.05, 0) is 108 Å². The summed E-state index contributed by atoms with van der Waals surface area (Å²) in [6, 6.07) is 14.0. The first-order valence-electron chi connectivity index (χ1n) is 16.0. The van der Waals surface area contributed by atoms with Gasteiger partial charge in [0.25, 0.3) is 0 Å². The van der Waals surface area contributed by atoms with Crippen LogP contribution >= 0.6 is 0 Å². The Labute approximate surface area is 260 Å². The minimum Gasteiger partial charge on any atom is -0.494 e. The number of hydrogen-bond donors (Lipinski definition) is 3. The molecule has 238 valence electrons. The fourth-order valence-corrected chi connectivity index (χ4v) is 7.51. The van der Waals surface area contributed by atoms with Gasteiger partial charge in [-0.15, -0.1) is 0 Å². The molecule has 5 rings (SSSR count). The molecule has 10 heteroatoms. The van der Waals surface area contributed by atoms with Crippen molar-refractivity contribution in [2.75, 3.05) is 48.4 Å². The number of nitrogens with one attached hydrogen (secondary N) is 2. The number of likely N-dealkylation sites (tertiary alicyclic amines) is 1. The highest BCUT2D eigenvalue weighted by Crippen LogP contribution is 2.63. The number of hydrogen-bond acceptors (Lipinski definition) is 7. The van der Waals surface area contributed by atoms with E-state index in [1.807, 2.05) is 38.1 Å². The van der Waals surface area contributed by atoms with E-state index in [1.54, 1.807) is 29.2 Å². The Balaban J connectivity index is 1.41. The molecule has 3 fully saturated rings. The normalized spacial score (nSPS) is 26.9. The molecule has 0 saturated carbocycles. The van der Waals surface area contributed by atoms with Crippen LogP contribution in [0.5, 0.6) is 5.75 Å². The summed E-state index contributed by atoms with van der Waals surface area (Å²) in [7, 11) is 0. The van der Waals surface area contributed by atoms with Crippen molar-refractivity contribution in [1.82, 2.24) is 4.90 Å². The molecule has 3 aliphatic rings. The highest BCUT2D eigenvalue weighted by atomic mass is 16.5. The van der Waals surface area contributed by atoms with E-state index in [-0.39, 0.29) is 24.3 Å². The van der Waals surface area contributed by atoms with E-state index in [0.29, 0.717) is 56.0 Å². The maximum absolute atomic E-state index is 14.2. The molecule has 0 radical (unpaired) electrons. The van der Waals surface area contributed by atoms with Gasteiger partial charge < -0.3 is 35.0 Å². The summed E-state index contributed by atoms with van der Waals surface area (Å²) in [5.74, 6) is -1.63. The van der Waals surface area contributed by atoms with Crippen LogP contribution in [0.15, 0.2) is 48.5 Å². The quantitative estimate of drug-likeness (QED) is 0.272. The van der Waals surface area contributed by atoms with Crippen LogP contribution < -0.4 is 20.3 Å². The molecule has 3 N–H and O–H groups in total. The molecular formula is C34H46N4O6. The minimum absolute atomic E-state index is 0.0726. The average molecular weight is 607 g/mol. The summed E-state index contributed by atoms with van der Waals surface area (Å²) in [5, 5.41) is 15.3. The zero-order valence-corrected chi connectivity index (χ0v) is 26.3. The number of unbranched alkanes of at least 4 members (excludes halogenated alkanes) is 2. The van der Waals surface area contributed by atoms with Gasteiger partial charge in [0.05, 0.1) is 24.0 Å². The molecule has 2 aromatic carbocycles. The van der Waals surface area contributed by atoms with Crippen LogP contribution in [-0.2, 0) is 19.1 Å². The van der Waals surface area contributed by atoms with Gasteiger partial charge in [-0.1, -0.05) is 0 Å². The Hall–Kier alpha value is -3.63. The van der Waals surface area contributed by atoms with E-state index in [4.69, 9.17) is 9.47 Å². The molecular weight excluding hydrogens is 560 g/mol. The van der Waals surface area contributed by atoms with Crippen LogP contribution in [0.3, 0.4) is 0 Å². The minimum atomic E-state index is -1.10. The Kier molecular flexibility index (Phi) is 9.51. The number of nitrogens with zero attached hydrogens (tertiary/aromatic N) is 2.